The van der Waals surface area contributed by atoms with Crippen molar-refractivity contribution < 1.29 is 8.91 Å². The average Bonchev–Trinajstić information content (AvgIpc) is 2.61. The Labute approximate surface area is 92.3 Å². The summed E-state index contributed by atoms with van der Waals surface area (Å²) in [5, 5.41) is 3.71. The summed E-state index contributed by atoms with van der Waals surface area (Å²) >= 11 is 0. The van der Waals surface area contributed by atoms with Crippen LogP contribution in [0.5, 0.6) is 0 Å². The van der Waals surface area contributed by atoms with E-state index in [1.54, 1.807) is 6.07 Å². The molecule has 2 aromatic heterocycles. The van der Waals surface area contributed by atoms with Gasteiger partial charge in [-0.3, -0.25) is 0 Å². The van der Waals surface area contributed by atoms with Crippen LogP contribution in [0.15, 0.2) is 22.9 Å². The lowest BCUT2D eigenvalue weighted by Gasteiger charge is -2.04. The molecule has 4 nitrogen and oxygen atoms in total. The van der Waals surface area contributed by atoms with Gasteiger partial charge in [0, 0.05) is 5.56 Å². The van der Waals surface area contributed by atoms with E-state index in [9.17, 15) is 4.39 Å². The lowest BCUT2D eigenvalue weighted by Crippen LogP contribution is -1.96. The number of nitrogens with zero attached hydrogens (tertiary/aromatic N) is 2. The molecule has 0 saturated carbocycles. The van der Waals surface area contributed by atoms with E-state index in [4.69, 9.17) is 10.3 Å². The number of hydrogen-bond donors (Lipinski definition) is 1. The van der Waals surface area contributed by atoms with Gasteiger partial charge in [0.1, 0.15) is 11.5 Å². The fraction of sp³-hybridized carbons (Fsp3) is 0.273. The van der Waals surface area contributed by atoms with Crippen LogP contribution in [0.3, 0.4) is 0 Å². The van der Waals surface area contributed by atoms with Gasteiger partial charge < -0.3 is 10.3 Å². The van der Waals surface area contributed by atoms with Crippen molar-refractivity contribution in [3.63, 3.8) is 0 Å². The summed E-state index contributed by atoms with van der Waals surface area (Å²) in [6.07, 6.45) is 1.14. The van der Waals surface area contributed by atoms with Gasteiger partial charge >= 0.3 is 0 Å². The highest BCUT2D eigenvalue weighted by atomic mass is 19.1. The van der Waals surface area contributed by atoms with Crippen molar-refractivity contribution in [2.45, 2.75) is 19.8 Å². The molecule has 2 rings (SSSR count). The van der Waals surface area contributed by atoms with Gasteiger partial charge in [-0.1, -0.05) is 19.0 Å². The standard InChI is InChI=1S/C11H12FN3O/c1-6(2)9-10(16-15-11(9)13)8-4-3-7(12)5-14-8/h3-6H,1-2H3,(H2,13,15). The first-order valence-corrected chi connectivity index (χ1v) is 4.96. The lowest BCUT2D eigenvalue weighted by atomic mass is 10.0. The Morgan fingerprint density at radius 1 is 1.38 bits per heavy atom. The van der Waals surface area contributed by atoms with Crippen molar-refractivity contribution in [1.82, 2.24) is 10.1 Å². The molecule has 0 aliphatic rings. The minimum Gasteiger partial charge on any atom is -0.381 e. The Kier molecular flexibility index (Phi) is 2.60. The first kappa shape index (κ1) is 10.6. The number of pyridine rings is 1. The van der Waals surface area contributed by atoms with Gasteiger partial charge in [-0.25, -0.2) is 9.37 Å². The summed E-state index contributed by atoms with van der Waals surface area (Å²) < 4.78 is 17.9. The van der Waals surface area contributed by atoms with E-state index in [2.05, 4.69) is 10.1 Å². The predicted molar refractivity (Wildman–Crippen MR) is 58.2 cm³/mol. The predicted octanol–water partition coefficient (Wildman–Crippen LogP) is 2.58. The molecule has 0 bridgehead atoms. The normalized spacial score (nSPS) is 11.0. The Balaban J connectivity index is 2.52. The molecule has 0 unspecified atom stereocenters. The van der Waals surface area contributed by atoms with Crippen LogP contribution in [-0.4, -0.2) is 10.1 Å². The molecule has 0 aliphatic carbocycles. The molecule has 0 radical (unpaired) electrons. The van der Waals surface area contributed by atoms with E-state index in [-0.39, 0.29) is 11.7 Å². The second kappa shape index (κ2) is 3.92. The molecule has 0 fully saturated rings. The van der Waals surface area contributed by atoms with E-state index >= 15 is 0 Å². The molecular weight excluding hydrogens is 209 g/mol. The molecule has 0 saturated heterocycles. The number of nitrogens with two attached hydrogens (primary N) is 1. The number of halogens is 1. The summed E-state index contributed by atoms with van der Waals surface area (Å²) in [7, 11) is 0. The largest absolute Gasteiger partial charge is 0.381 e. The fourth-order valence-corrected chi connectivity index (χ4v) is 1.56. The monoisotopic (exact) mass is 221 g/mol. The van der Waals surface area contributed by atoms with Crippen LogP contribution in [0.25, 0.3) is 11.5 Å². The molecular formula is C11H12FN3O. The molecule has 0 amide bonds. The quantitative estimate of drug-likeness (QED) is 0.846. The first-order valence-electron chi connectivity index (χ1n) is 4.96. The maximum atomic E-state index is 12.7. The van der Waals surface area contributed by atoms with Gasteiger partial charge in [0.15, 0.2) is 11.6 Å². The van der Waals surface area contributed by atoms with Crippen molar-refractivity contribution in [1.29, 1.82) is 0 Å². The highest BCUT2D eigenvalue weighted by Crippen LogP contribution is 2.32. The maximum Gasteiger partial charge on any atom is 0.190 e. The number of anilines is 1. The SMILES string of the molecule is CC(C)c1c(N)noc1-c1ccc(F)cn1. The van der Waals surface area contributed by atoms with Crippen LogP contribution in [0.2, 0.25) is 0 Å². The molecule has 16 heavy (non-hydrogen) atoms. The zero-order chi connectivity index (χ0) is 11.7. The maximum absolute atomic E-state index is 12.7. The topological polar surface area (TPSA) is 64.9 Å². The van der Waals surface area contributed by atoms with Crippen molar-refractivity contribution in [2.24, 2.45) is 0 Å². The van der Waals surface area contributed by atoms with E-state index in [0.29, 0.717) is 17.3 Å². The van der Waals surface area contributed by atoms with Crippen LogP contribution in [0, 0.1) is 5.82 Å². The zero-order valence-corrected chi connectivity index (χ0v) is 9.07. The van der Waals surface area contributed by atoms with Crippen LogP contribution in [0.4, 0.5) is 10.2 Å². The van der Waals surface area contributed by atoms with Crippen LogP contribution in [0.1, 0.15) is 25.3 Å². The van der Waals surface area contributed by atoms with Crippen LogP contribution in [-0.2, 0) is 0 Å². The smallest absolute Gasteiger partial charge is 0.190 e. The number of hydrogen-bond acceptors (Lipinski definition) is 4. The van der Waals surface area contributed by atoms with Crippen LogP contribution < -0.4 is 5.73 Å². The third-order valence-electron chi connectivity index (χ3n) is 2.29. The highest BCUT2D eigenvalue weighted by molar-refractivity contribution is 5.63. The minimum absolute atomic E-state index is 0.174. The second-order valence-corrected chi connectivity index (χ2v) is 3.83. The molecule has 0 aromatic carbocycles. The summed E-state index contributed by atoms with van der Waals surface area (Å²) in [4.78, 5) is 3.94. The Bertz CT molecular complexity index is 490. The second-order valence-electron chi connectivity index (χ2n) is 3.83. The van der Waals surface area contributed by atoms with Crippen molar-refractivity contribution in [3.05, 3.63) is 29.7 Å². The van der Waals surface area contributed by atoms with Crippen molar-refractivity contribution in [3.8, 4) is 11.5 Å². The van der Waals surface area contributed by atoms with Gasteiger partial charge in [0.25, 0.3) is 0 Å². The van der Waals surface area contributed by atoms with Crippen molar-refractivity contribution >= 4 is 5.82 Å². The minimum atomic E-state index is -0.387. The van der Waals surface area contributed by atoms with E-state index < -0.39 is 0 Å². The molecule has 84 valence electrons. The van der Waals surface area contributed by atoms with E-state index in [1.165, 1.54) is 6.07 Å². The summed E-state index contributed by atoms with van der Waals surface area (Å²) in [6, 6.07) is 2.87. The summed E-state index contributed by atoms with van der Waals surface area (Å²) in [5.74, 6) is 0.652. The number of rotatable bonds is 2. The Hall–Kier alpha value is -1.91. The number of aromatic nitrogens is 2. The van der Waals surface area contributed by atoms with E-state index in [1.807, 2.05) is 13.8 Å². The van der Waals surface area contributed by atoms with Gasteiger partial charge in [-0.2, -0.15) is 0 Å². The van der Waals surface area contributed by atoms with Gasteiger partial charge in [0.05, 0.1) is 6.20 Å². The first-order chi connectivity index (χ1) is 7.59. The van der Waals surface area contributed by atoms with Crippen LogP contribution >= 0.6 is 0 Å². The molecule has 2 heterocycles. The zero-order valence-electron chi connectivity index (χ0n) is 9.07. The third-order valence-corrected chi connectivity index (χ3v) is 2.29. The van der Waals surface area contributed by atoms with Crippen molar-refractivity contribution in [2.75, 3.05) is 5.73 Å². The van der Waals surface area contributed by atoms with Gasteiger partial charge in [-0.05, 0) is 18.1 Å². The summed E-state index contributed by atoms with van der Waals surface area (Å²) in [5.41, 5.74) is 7.04. The summed E-state index contributed by atoms with van der Waals surface area (Å²) in [6.45, 7) is 3.96. The molecule has 5 heteroatoms. The van der Waals surface area contributed by atoms with Gasteiger partial charge in [-0.15, -0.1) is 0 Å². The molecule has 0 spiro atoms. The molecule has 2 aromatic rings. The molecule has 0 atom stereocenters. The average molecular weight is 221 g/mol. The lowest BCUT2D eigenvalue weighted by molar-refractivity contribution is 0.433. The Morgan fingerprint density at radius 2 is 2.12 bits per heavy atom. The number of nitrogen functional groups attached to an aromatic ring is 1. The third kappa shape index (κ3) is 1.76. The highest BCUT2D eigenvalue weighted by Gasteiger charge is 2.19. The van der Waals surface area contributed by atoms with E-state index in [0.717, 1.165) is 11.8 Å². The molecule has 0 aliphatic heterocycles. The van der Waals surface area contributed by atoms with Gasteiger partial charge in [0.2, 0.25) is 0 Å². The molecule has 2 N–H and O–H groups in total. The Morgan fingerprint density at radius 3 is 2.69 bits per heavy atom. The fourth-order valence-electron chi connectivity index (χ4n) is 1.56.